The second-order valence-electron chi connectivity index (χ2n) is 13.3. The van der Waals surface area contributed by atoms with Crippen LogP contribution in [0.1, 0.15) is 0 Å². The number of aromatic nitrogens is 1. The molecule has 8 aromatic carbocycles. The van der Waals surface area contributed by atoms with Crippen LogP contribution in [-0.2, 0) is 0 Å². The van der Waals surface area contributed by atoms with Crippen molar-refractivity contribution in [2.75, 3.05) is 12.0 Å². The van der Waals surface area contributed by atoms with Crippen molar-refractivity contribution < 1.29 is 4.74 Å². The molecule has 2 heterocycles. The van der Waals surface area contributed by atoms with E-state index < -0.39 is 0 Å². The van der Waals surface area contributed by atoms with Crippen LogP contribution in [0.25, 0.3) is 69.9 Å². The number of ether oxygens (including phenoxy) is 1. The van der Waals surface area contributed by atoms with E-state index in [1.807, 2.05) is 23.5 Å². The quantitative estimate of drug-likeness (QED) is 0.165. The summed E-state index contributed by atoms with van der Waals surface area (Å²) < 4.78 is 10.5. The number of methoxy groups -OCH3 is 1. The Morgan fingerprint density at radius 1 is 0.453 bits per heavy atom. The van der Waals surface area contributed by atoms with Gasteiger partial charge in [-0.15, -0.1) is 11.3 Å². The lowest BCUT2D eigenvalue weighted by Gasteiger charge is -2.26. The Balaban J connectivity index is 1.24. The topological polar surface area (TPSA) is 17.4 Å². The molecule has 2 aromatic heterocycles. The molecule has 0 unspecified atom stereocenters. The first-order valence-corrected chi connectivity index (χ1v) is 18.7. The lowest BCUT2D eigenvalue weighted by atomic mass is 10.0. The van der Waals surface area contributed by atoms with Crippen molar-refractivity contribution in [2.45, 2.75) is 0 Å². The zero-order valence-corrected chi connectivity index (χ0v) is 29.9. The number of rotatable bonds is 7. The van der Waals surface area contributed by atoms with E-state index in [-0.39, 0.29) is 0 Å². The SMILES string of the molecule is COc1ccc(-c2ccc3c(c2)c2c(N(c4ccccc4)c4ccc5sc6ccccc6c5c4)cccc2n3-c2ccc(-c3ccccc3)cc2)cc1. The molecule has 0 radical (unpaired) electrons. The number of hydrogen-bond donors (Lipinski definition) is 0. The molecule has 0 aliphatic heterocycles. The van der Waals surface area contributed by atoms with E-state index in [1.54, 1.807) is 7.11 Å². The summed E-state index contributed by atoms with van der Waals surface area (Å²) in [6.07, 6.45) is 0. The minimum atomic E-state index is 0.849. The number of benzene rings is 8. The smallest absolute Gasteiger partial charge is 0.118 e. The predicted molar refractivity (Wildman–Crippen MR) is 226 cm³/mol. The van der Waals surface area contributed by atoms with Crippen molar-refractivity contribution in [2.24, 2.45) is 0 Å². The van der Waals surface area contributed by atoms with Gasteiger partial charge in [0.05, 0.1) is 23.8 Å². The van der Waals surface area contributed by atoms with Crippen molar-refractivity contribution in [1.82, 2.24) is 4.57 Å². The second-order valence-corrected chi connectivity index (χ2v) is 14.4. The minimum Gasteiger partial charge on any atom is -0.497 e. The number of para-hydroxylation sites is 1. The van der Waals surface area contributed by atoms with Crippen molar-refractivity contribution >= 4 is 70.4 Å². The molecule has 3 nitrogen and oxygen atoms in total. The molecule has 0 atom stereocenters. The summed E-state index contributed by atoms with van der Waals surface area (Å²) in [7, 11) is 1.71. The molecular weight excluding hydrogens is 665 g/mol. The van der Waals surface area contributed by atoms with Crippen LogP contribution >= 0.6 is 11.3 Å². The summed E-state index contributed by atoms with van der Waals surface area (Å²) in [4.78, 5) is 2.43. The molecule has 252 valence electrons. The number of fused-ring (bicyclic) bond motifs is 6. The van der Waals surface area contributed by atoms with Crippen molar-refractivity contribution in [3.63, 3.8) is 0 Å². The number of hydrogen-bond acceptors (Lipinski definition) is 3. The molecule has 10 aromatic rings. The second kappa shape index (κ2) is 12.9. The molecule has 0 aliphatic carbocycles. The largest absolute Gasteiger partial charge is 0.497 e. The molecule has 10 rings (SSSR count). The standard InChI is InChI=1S/C49H34N2OS/c1-52-40-27-21-35(22-28-40)36-23-29-44-43(31-36)49-45(16-10-17-46(49)51(44)38-24-19-34(20-25-38)33-11-4-2-5-12-33)50(37-13-6-3-7-14-37)39-26-30-48-42(32-39)41-15-8-9-18-47(41)53-48/h2-32H,1H3. The highest BCUT2D eigenvalue weighted by Gasteiger charge is 2.22. The van der Waals surface area contributed by atoms with Gasteiger partial charge >= 0.3 is 0 Å². The Morgan fingerprint density at radius 3 is 1.91 bits per heavy atom. The van der Waals surface area contributed by atoms with E-state index in [9.17, 15) is 0 Å². The fourth-order valence-electron chi connectivity index (χ4n) is 7.77. The van der Waals surface area contributed by atoms with Crippen molar-refractivity contribution in [3.05, 3.63) is 188 Å². The lowest BCUT2D eigenvalue weighted by molar-refractivity contribution is 0.415. The fraction of sp³-hybridized carbons (Fsp3) is 0.0204. The van der Waals surface area contributed by atoms with Crippen LogP contribution in [0, 0.1) is 0 Å². The van der Waals surface area contributed by atoms with E-state index >= 15 is 0 Å². The summed E-state index contributed by atoms with van der Waals surface area (Å²) in [6.45, 7) is 0. The first-order valence-electron chi connectivity index (χ1n) is 17.9. The Bertz CT molecular complexity index is 2910. The molecule has 0 bridgehead atoms. The van der Waals surface area contributed by atoms with E-state index in [1.165, 1.54) is 42.1 Å². The summed E-state index contributed by atoms with van der Waals surface area (Å²) in [5.74, 6) is 0.849. The molecule has 0 N–H and O–H groups in total. The van der Waals surface area contributed by atoms with Gasteiger partial charge in [-0.05, 0) is 107 Å². The molecule has 4 heteroatoms. The van der Waals surface area contributed by atoms with Crippen LogP contribution in [0.15, 0.2) is 188 Å². The van der Waals surface area contributed by atoms with Gasteiger partial charge in [0.15, 0.2) is 0 Å². The van der Waals surface area contributed by atoms with Gasteiger partial charge in [0.1, 0.15) is 5.75 Å². The Kier molecular flexibility index (Phi) is 7.55. The van der Waals surface area contributed by atoms with Gasteiger partial charge in [0.2, 0.25) is 0 Å². The van der Waals surface area contributed by atoms with Crippen molar-refractivity contribution in [3.8, 4) is 33.7 Å². The van der Waals surface area contributed by atoms with Gasteiger partial charge in [-0.25, -0.2) is 0 Å². The first kappa shape index (κ1) is 31.1. The normalized spacial score (nSPS) is 11.5. The maximum Gasteiger partial charge on any atom is 0.118 e. The van der Waals surface area contributed by atoms with Crippen LogP contribution in [0.4, 0.5) is 17.1 Å². The Morgan fingerprint density at radius 2 is 1.11 bits per heavy atom. The first-order chi connectivity index (χ1) is 26.2. The molecular formula is C49H34N2OS. The highest BCUT2D eigenvalue weighted by molar-refractivity contribution is 7.25. The van der Waals surface area contributed by atoms with Crippen LogP contribution in [0.2, 0.25) is 0 Å². The molecule has 0 aliphatic rings. The van der Waals surface area contributed by atoms with Crippen LogP contribution < -0.4 is 9.64 Å². The van der Waals surface area contributed by atoms with E-state index in [0.29, 0.717) is 0 Å². The van der Waals surface area contributed by atoms with E-state index in [4.69, 9.17) is 4.74 Å². The van der Waals surface area contributed by atoms with Gasteiger partial charge in [0, 0.05) is 48.0 Å². The van der Waals surface area contributed by atoms with Gasteiger partial charge in [-0.2, -0.15) is 0 Å². The van der Waals surface area contributed by atoms with Gasteiger partial charge in [-0.3, -0.25) is 0 Å². The third-order valence-corrected chi connectivity index (χ3v) is 11.4. The Labute approximate surface area is 312 Å². The van der Waals surface area contributed by atoms with Crippen molar-refractivity contribution in [1.29, 1.82) is 0 Å². The summed E-state index contributed by atoms with van der Waals surface area (Å²) in [5.41, 5.74) is 11.5. The number of anilines is 3. The molecule has 0 amide bonds. The predicted octanol–water partition coefficient (Wildman–Crippen LogP) is 14.0. The zero-order valence-electron chi connectivity index (χ0n) is 29.1. The minimum absolute atomic E-state index is 0.849. The van der Waals surface area contributed by atoms with E-state index in [0.717, 1.165) is 50.7 Å². The van der Waals surface area contributed by atoms with Gasteiger partial charge < -0.3 is 14.2 Å². The van der Waals surface area contributed by atoms with Gasteiger partial charge in [0.25, 0.3) is 0 Å². The molecule has 0 spiro atoms. The van der Waals surface area contributed by atoms with Gasteiger partial charge in [-0.1, -0.05) is 103 Å². The van der Waals surface area contributed by atoms with Crippen LogP contribution in [-0.4, -0.2) is 11.7 Å². The summed E-state index contributed by atoms with van der Waals surface area (Å²) >= 11 is 1.85. The van der Waals surface area contributed by atoms with Crippen LogP contribution in [0.5, 0.6) is 5.75 Å². The molecule has 0 saturated heterocycles. The molecule has 0 fully saturated rings. The number of nitrogens with zero attached hydrogens (tertiary/aromatic N) is 2. The monoisotopic (exact) mass is 698 g/mol. The zero-order chi connectivity index (χ0) is 35.3. The average molecular weight is 699 g/mol. The summed E-state index contributed by atoms with van der Waals surface area (Å²) in [6, 6.07) is 67.9. The highest BCUT2D eigenvalue weighted by atomic mass is 32.1. The third kappa shape index (κ3) is 5.35. The highest BCUT2D eigenvalue weighted by Crippen LogP contribution is 2.46. The molecule has 0 saturated carbocycles. The third-order valence-electron chi connectivity index (χ3n) is 10.3. The molecule has 53 heavy (non-hydrogen) atoms. The van der Waals surface area contributed by atoms with E-state index in [2.05, 4.69) is 185 Å². The number of thiophene rings is 1. The average Bonchev–Trinajstić information content (AvgIpc) is 3.77. The lowest BCUT2D eigenvalue weighted by Crippen LogP contribution is -2.10. The summed E-state index contributed by atoms with van der Waals surface area (Å²) in [5, 5.41) is 4.96. The fourth-order valence-corrected chi connectivity index (χ4v) is 8.86. The maximum absolute atomic E-state index is 5.49. The maximum atomic E-state index is 5.49. The Hall–Kier alpha value is -6.62. The van der Waals surface area contributed by atoms with Crippen LogP contribution in [0.3, 0.4) is 0 Å².